The zero-order chi connectivity index (χ0) is 21.5. The molecule has 1 N–H and O–H groups in total. The number of carbonyl (C=O) groups excluding carboxylic acids is 1. The van der Waals surface area contributed by atoms with Crippen LogP contribution in [0.25, 0.3) is 0 Å². The minimum Gasteiger partial charge on any atom is -0.493 e. The summed E-state index contributed by atoms with van der Waals surface area (Å²) in [5.41, 5.74) is 4.41. The van der Waals surface area contributed by atoms with Gasteiger partial charge >= 0.3 is 0 Å². The topological polar surface area (TPSA) is 59.9 Å². The van der Waals surface area contributed by atoms with Gasteiger partial charge in [-0.15, -0.1) is 0 Å². The van der Waals surface area contributed by atoms with Crippen LogP contribution in [0.4, 0.5) is 0 Å². The van der Waals surface area contributed by atoms with Crippen molar-refractivity contribution in [2.45, 2.75) is 6.61 Å². The summed E-state index contributed by atoms with van der Waals surface area (Å²) in [5.74, 6) is 0.685. The molecule has 5 nitrogen and oxygen atoms in total. The molecule has 0 aliphatic rings. The number of nitrogens with one attached hydrogen (secondary N) is 1. The molecule has 0 aliphatic heterocycles. The molecular weight excluding hydrogens is 447 g/mol. The van der Waals surface area contributed by atoms with Crippen LogP contribution in [-0.2, 0) is 6.61 Å². The van der Waals surface area contributed by atoms with Gasteiger partial charge in [-0.25, -0.2) is 5.43 Å². The molecule has 8 heteroatoms. The second-order valence-corrected chi connectivity index (χ2v) is 7.43. The van der Waals surface area contributed by atoms with E-state index in [0.717, 1.165) is 5.56 Å². The number of nitrogens with zero attached hydrogens (tertiary/aromatic N) is 1. The number of methoxy groups -OCH3 is 1. The highest BCUT2D eigenvalue weighted by atomic mass is 35.5. The Bertz CT molecular complexity index is 1070. The van der Waals surface area contributed by atoms with Crippen LogP contribution in [0.5, 0.6) is 11.5 Å². The van der Waals surface area contributed by atoms with Gasteiger partial charge in [0.25, 0.3) is 5.91 Å². The fourth-order valence-electron chi connectivity index (χ4n) is 2.52. The number of ether oxygens (including phenoxy) is 2. The maximum absolute atomic E-state index is 12.2. The van der Waals surface area contributed by atoms with Crippen LogP contribution in [0, 0.1) is 0 Å². The monoisotopic (exact) mass is 462 g/mol. The van der Waals surface area contributed by atoms with Gasteiger partial charge in [-0.2, -0.15) is 5.10 Å². The van der Waals surface area contributed by atoms with E-state index in [2.05, 4.69) is 10.5 Å². The fraction of sp³-hybridized carbons (Fsp3) is 0.0909. The summed E-state index contributed by atoms with van der Waals surface area (Å²) in [4.78, 5) is 12.2. The number of carbonyl (C=O) groups is 1. The lowest BCUT2D eigenvalue weighted by Gasteiger charge is -2.11. The molecular formula is C22H17Cl3N2O3. The standard InChI is InChI=1S/C22H17Cl3N2O3/c1-29-21-10-15(4-9-20(21)30-13-14-2-5-16(23)6-3-14)12-26-27-22(28)18-8-7-17(24)11-19(18)25/h2-12H,13H2,1H3,(H,27,28)/b26-12-. The van der Waals surface area contributed by atoms with E-state index in [-0.39, 0.29) is 10.6 Å². The van der Waals surface area contributed by atoms with Gasteiger partial charge in [0.15, 0.2) is 11.5 Å². The van der Waals surface area contributed by atoms with Crippen LogP contribution in [0.2, 0.25) is 15.1 Å². The first kappa shape index (κ1) is 22.0. The summed E-state index contributed by atoms with van der Waals surface area (Å²) in [6.07, 6.45) is 1.49. The molecule has 0 saturated heterocycles. The Morgan fingerprint density at radius 2 is 1.70 bits per heavy atom. The summed E-state index contributed by atoms with van der Waals surface area (Å²) in [6, 6.07) is 17.3. The fourth-order valence-corrected chi connectivity index (χ4v) is 3.15. The summed E-state index contributed by atoms with van der Waals surface area (Å²) >= 11 is 17.8. The Morgan fingerprint density at radius 1 is 0.967 bits per heavy atom. The first-order valence-electron chi connectivity index (χ1n) is 8.80. The third kappa shape index (κ3) is 5.89. The Hall–Kier alpha value is -2.73. The molecule has 0 aliphatic carbocycles. The molecule has 30 heavy (non-hydrogen) atoms. The predicted molar refractivity (Wildman–Crippen MR) is 120 cm³/mol. The number of hydrogen-bond donors (Lipinski definition) is 1. The highest BCUT2D eigenvalue weighted by molar-refractivity contribution is 6.36. The summed E-state index contributed by atoms with van der Waals surface area (Å²) in [6.45, 7) is 0.374. The Labute approximate surface area is 189 Å². The molecule has 0 fully saturated rings. The first-order valence-corrected chi connectivity index (χ1v) is 9.93. The minimum absolute atomic E-state index is 0.249. The predicted octanol–water partition coefficient (Wildman–Crippen LogP) is 6.00. The van der Waals surface area contributed by atoms with Crippen LogP contribution in [-0.4, -0.2) is 19.2 Å². The zero-order valence-corrected chi connectivity index (χ0v) is 18.1. The van der Waals surface area contributed by atoms with Gasteiger partial charge < -0.3 is 9.47 Å². The van der Waals surface area contributed by atoms with E-state index in [9.17, 15) is 4.79 Å². The minimum atomic E-state index is -0.442. The van der Waals surface area contributed by atoms with Gasteiger partial charge in [0, 0.05) is 10.0 Å². The lowest BCUT2D eigenvalue weighted by molar-refractivity contribution is 0.0955. The van der Waals surface area contributed by atoms with Crippen LogP contribution in [0.1, 0.15) is 21.5 Å². The average Bonchev–Trinajstić information content (AvgIpc) is 2.73. The van der Waals surface area contributed by atoms with Crippen molar-refractivity contribution >= 4 is 46.9 Å². The first-order chi connectivity index (χ1) is 14.5. The second kappa shape index (κ2) is 10.3. The van der Waals surface area contributed by atoms with E-state index >= 15 is 0 Å². The van der Waals surface area contributed by atoms with Crippen molar-refractivity contribution in [3.05, 3.63) is 92.4 Å². The molecule has 0 bridgehead atoms. The average molecular weight is 464 g/mol. The van der Waals surface area contributed by atoms with E-state index in [1.165, 1.54) is 18.3 Å². The second-order valence-electron chi connectivity index (χ2n) is 6.15. The molecule has 0 aromatic heterocycles. The van der Waals surface area contributed by atoms with Crippen LogP contribution >= 0.6 is 34.8 Å². The van der Waals surface area contributed by atoms with Gasteiger partial charge in [-0.1, -0.05) is 46.9 Å². The van der Waals surface area contributed by atoms with Crippen molar-refractivity contribution in [3.8, 4) is 11.5 Å². The largest absolute Gasteiger partial charge is 0.493 e. The van der Waals surface area contributed by atoms with E-state index in [1.807, 2.05) is 24.3 Å². The SMILES string of the molecule is COc1cc(/C=N\NC(=O)c2ccc(Cl)cc2Cl)ccc1OCc1ccc(Cl)cc1. The third-order valence-corrected chi connectivity index (χ3v) is 4.85. The molecule has 0 radical (unpaired) electrons. The number of hydrogen-bond acceptors (Lipinski definition) is 4. The lowest BCUT2D eigenvalue weighted by Crippen LogP contribution is -2.18. The molecule has 3 aromatic rings. The molecule has 154 valence electrons. The van der Waals surface area contributed by atoms with Gasteiger partial charge in [-0.05, 0) is 59.7 Å². The van der Waals surface area contributed by atoms with Crippen molar-refractivity contribution in [1.82, 2.24) is 5.43 Å². The van der Waals surface area contributed by atoms with Gasteiger partial charge in [-0.3, -0.25) is 4.79 Å². The summed E-state index contributed by atoms with van der Waals surface area (Å²) in [7, 11) is 1.55. The van der Waals surface area contributed by atoms with Crippen LogP contribution < -0.4 is 14.9 Å². The molecule has 0 saturated carbocycles. The number of rotatable bonds is 7. The quantitative estimate of drug-likeness (QED) is 0.345. The van der Waals surface area contributed by atoms with Crippen molar-refractivity contribution in [2.75, 3.05) is 7.11 Å². The van der Waals surface area contributed by atoms with E-state index in [0.29, 0.717) is 33.7 Å². The van der Waals surface area contributed by atoms with E-state index in [4.69, 9.17) is 44.3 Å². The molecule has 0 heterocycles. The Kier molecular flexibility index (Phi) is 7.57. The molecule has 0 atom stereocenters. The Morgan fingerprint density at radius 3 is 2.40 bits per heavy atom. The Balaban J connectivity index is 1.63. The van der Waals surface area contributed by atoms with Crippen LogP contribution in [0.15, 0.2) is 65.8 Å². The summed E-state index contributed by atoms with van der Waals surface area (Å²) in [5, 5.41) is 5.33. The van der Waals surface area contributed by atoms with Crippen molar-refractivity contribution in [3.63, 3.8) is 0 Å². The van der Waals surface area contributed by atoms with Gasteiger partial charge in [0.05, 0.1) is 23.9 Å². The van der Waals surface area contributed by atoms with E-state index in [1.54, 1.807) is 31.4 Å². The third-order valence-electron chi connectivity index (χ3n) is 4.05. The lowest BCUT2D eigenvalue weighted by atomic mass is 10.2. The van der Waals surface area contributed by atoms with Gasteiger partial charge in [0.1, 0.15) is 6.61 Å². The highest BCUT2D eigenvalue weighted by Gasteiger charge is 2.10. The molecule has 0 unspecified atom stereocenters. The normalized spacial score (nSPS) is 10.8. The summed E-state index contributed by atoms with van der Waals surface area (Å²) < 4.78 is 11.2. The number of benzene rings is 3. The number of amides is 1. The maximum Gasteiger partial charge on any atom is 0.272 e. The van der Waals surface area contributed by atoms with Gasteiger partial charge in [0.2, 0.25) is 0 Å². The smallest absolute Gasteiger partial charge is 0.272 e. The maximum atomic E-state index is 12.2. The number of halogens is 3. The molecule has 3 aromatic carbocycles. The zero-order valence-electron chi connectivity index (χ0n) is 15.9. The number of hydrazone groups is 1. The highest BCUT2D eigenvalue weighted by Crippen LogP contribution is 2.28. The molecule has 1 amide bonds. The van der Waals surface area contributed by atoms with Crippen molar-refractivity contribution in [2.24, 2.45) is 5.10 Å². The van der Waals surface area contributed by atoms with Crippen molar-refractivity contribution < 1.29 is 14.3 Å². The van der Waals surface area contributed by atoms with Crippen molar-refractivity contribution in [1.29, 1.82) is 0 Å². The van der Waals surface area contributed by atoms with Crippen LogP contribution in [0.3, 0.4) is 0 Å². The molecule has 0 spiro atoms. The molecule has 3 rings (SSSR count). The van der Waals surface area contributed by atoms with E-state index < -0.39 is 5.91 Å².